The van der Waals surface area contributed by atoms with Crippen molar-refractivity contribution in [2.75, 3.05) is 24.5 Å². The van der Waals surface area contributed by atoms with Crippen LogP contribution in [0.2, 0.25) is 0 Å². The average Bonchev–Trinajstić information content (AvgIpc) is 3.06. The summed E-state index contributed by atoms with van der Waals surface area (Å²) in [5.74, 6) is -1.63. The van der Waals surface area contributed by atoms with Crippen LogP contribution in [0.25, 0.3) is 0 Å². The Hall–Kier alpha value is -2.97. The summed E-state index contributed by atoms with van der Waals surface area (Å²) in [7, 11) is 0. The quantitative estimate of drug-likeness (QED) is 0.817. The van der Waals surface area contributed by atoms with Gasteiger partial charge in [0.15, 0.2) is 0 Å². The van der Waals surface area contributed by atoms with Gasteiger partial charge in [-0.2, -0.15) is 0 Å². The fourth-order valence-electron chi connectivity index (χ4n) is 2.74. The molecule has 0 aliphatic carbocycles. The molecular weight excluding hydrogens is 319 g/mol. The molecule has 2 saturated heterocycles. The van der Waals surface area contributed by atoms with E-state index in [1.165, 1.54) is 36.1 Å². The highest BCUT2D eigenvalue weighted by molar-refractivity contribution is 6.15. The van der Waals surface area contributed by atoms with Gasteiger partial charge in [0.05, 0.1) is 0 Å². The van der Waals surface area contributed by atoms with Gasteiger partial charge >= 0.3 is 12.1 Å². The second kappa shape index (κ2) is 5.91. The molecule has 126 valence electrons. The van der Waals surface area contributed by atoms with E-state index in [2.05, 4.69) is 5.32 Å². The second-order valence-electron chi connectivity index (χ2n) is 5.51. The van der Waals surface area contributed by atoms with Crippen molar-refractivity contribution >= 4 is 29.6 Å². The highest BCUT2D eigenvalue weighted by Crippen LogP contribution is 2.26. The SMILES string of the molecule is C[C@@H]1C(=O)N(CC(=O)N2CCNC2=O)C(=O)N1c1ccc(F)cc1. The first kappa shape index (κ1) is 15.9. The zero-order chi connectivity index (χ0) is 17.4. The Morgan fingerprint density at radius 1 is 1.25 bits per heavy atom. The number of urea groups is 2. The molecule has 24 heavy (non-hydrogen) atoms. The van der Waals surface area contributed by atoms with Gasteiger partial charge in [-0.25, -0.2) is 14.0 Å². The molecular formula is C15H15FN4O4. The summed E-state index contributed by atoms with van der Waals surface area (Å²) in [6, 6.07) is 3.11. The third kappa shape index (κ3) is 2.57. The van der Waals surface area contributed by atoms with E-state index in [1.54, 1.807) is 0 Å². The van der Waals surface area contributed by atoms with Crippen molar-refractivity contribution in [1.29, 1.82) is 0 Å². The smallest absolute Gasteiger partial charge is 0.332 e. The molecule has 8 nitrogen and oxygen atoms in total. The Kier molecular flexibility index (Phi) is 3.92. The number of carbonyl (C=O) groups is 4. The minimum Gasteiger partial charge on any atom is -0.336 e. The molecule has 1 atom stereocenters. The number of hydrogen-bond donors (Lipinski definition) is 1. The van der Waals surface area contributed by atoms with Gasteiger partial charge in [-0.3, -0.25) is 24.3 Å². The molecule has 9 heteroatoms. The zero-order valence-electron chi connectivity index (χ0n) is 12.9. The second-order valence-corrected chi connectivity index (χ2v) is 5.51. The van der Waals surface area contributed by atoms with Crippen molar-refractivity contribution in [2.24, 2.45) is 0 Å². The summed E-state index contributed by atoms with van der Waals surface area (Å²) < 4.78 is 13.0. The molecule has 0 saturated carbocycles. The minimum atomic E-state index is -0.817. The van der Waals surface area contributed by atoms with Crippen LogP contribution in [0.3, 0.4) is 0 Å². The van der Waals surface area contributed by atoms with Gasteiger partial charge in [0.2, 0.25) is 0 Å². The number of nitrogens with zero attached hydrogens (tertiary/aromatic N) is 3. The number of hydrogen-bond acceptors (Lipinski definition) is 4. The maximum atomic E-state index is 13.0. The molecule has 1 N–H and O–H groups in total. The normalized spacial score (nSPS) is 20.8. The van der Waals surface area contributed by atoms with Crippen molar-refractivity contribution in [3.63, 3.8) is 0 Å². The molecule has 2 fully saturated rings. The molecule has 2 aliphatic rings. The third-order valence-electron chi connectivity index (χ3n) is 4.00. The van der Waals surface area contributed by atoms with Crippen LogP contribution in [0.15, 0.2) is 24.3 Å². The first-order chi connectivity index (χ1) is 11.4. The van der Waals surface area contributed by atoms with E-state index in [0.29, 0.717) is 12.2 Å². The van der Waals surface area contributed by atoms with Crippen LogP contribution in [-0.2, 0) is 9.59 Å². The van der Waals surface area contributed by atoms with E-state index < -0.39 is 42.3 Å². The molecule has 0 bridgehead atoms. The Morgan fingerprint density at radius 3 is 2.50 bits per heavy atom. The lowest BCUT2D eigenvalue weighted by atomic mass is 10.2. The third-order valence-corrected chi connectivity index (χ3v) is 4.00. The monoisotopic (exact) mass is 334 g/mol. The number of anilines is 1. The number of benzene rings is 1. The summed E-state index contributed by atoms with van der Waals surface area (Å²) in [4.78, 5) is 51.4. The summed E-state index contributed by atoms with van der Waals surface area (Å²) >= 11 is 0. The van der Waals surface area contributed by atoms with Gasteiger partial charge in [0.1, 0.15) is 18.4 Å². The summed E-state index contributed by atoms with van der Waals surface area (Å²) in [5, 5.41) is 2.48. The Labute approximate surface area is 136 Å². The molecule has 1 aromatic rings. The van der Waals surface area contributed by atoms with Crippen LogP contribution in [-0.4, -0.2) is 59.4 Å². The molecule has 0 spiro atoms. The van der Waals surface area contributed by atoms with Crippen LogP contribution in [0.1, 0.15) is 6.92 Å². The first-order valence-corrected chi connectivity index (χ1v) is 7.38. The van der Waals surface area contributed by atoms with E-state index in [4.69, 9.17) is 0 Å². The van der Waals surface area contributed by atoms with Gasteiger partial charge in [-0.05, 0) is 31.2 Å². The lowest BCUT2D eigenvalue weighted by Gasteiger charge is -2.20. The van der Waals surface area contributed by atoms with Crippen molar-refractivity contribution in [2.45, 2.75) is 13.0 Å². The predicted molar refractivity (Wildman–Crippen MR) is 80.6 cm³/mol. The van der Waals surface area contributed by atoms with Crippen LogP contribution >= 0.6 is 0 Å². The van der Waals surface area contributed by atoms with Crippen molar-refractivity contribution in [3.05, 3.63) is 30.1 Å². The molecule has 0 radical (unpaired) electrons. The van der Waals surface area contributed by atoms with Gasteiger partial charge in [-0.1, -0.05) is 0 Å². The molecule has 0 aromatic heterocycles. The van der Waals surface area contributed by atoms with E-state index in [0.717, 1.165) is 9.80 Å². The van der Waals surface area contributed by atoms with Gasteiger partial charge in [0.25, 0.3) is 11.8 Å². The predicted octanol–water partition coefficient (Wildman–Crippen LogP) is 0.535. The highest BCUT2D eigenvalue weighted by Gasteiger charge is 2.45. The first-order valence-electron chi connectivity index (χ1n) is 7.38. The van der Waals surface area contributed by atoms with Gasteiger partial charge in [0, 0.05) is 18.8 Å². The fraction of sp³-hybridized carbons (Fsp3) is 0.333. The molecule has 3 rings (SSSR count). The standard InChI is InChI=1S/C15H15FN4O4/c1-9-13(22)19(8-12(21)18-7-6-17-14(18)23)15(24)20(9)11-4-2-10(16)3-5-11/h2-5,9H,6-8H2,1H3,(H,17,23)/t9-/m1/s1. The van der Waals surface area contributed by atoms with Gasteiger partial charge < -0.3 is 5.32 Å². The van der Waals surface area contributed by atoms with Crippen LogP contribution in [0.4, 0.5) is 19.7 Å². The van der Waals surface area contributed by atoms with Crippen LogP contribution in [0.5, 0.6) is 0 Å². The number of nitrogens with one attached hydrogen (secondary N) is 1. The Morgan fingerprint density at radius 2 is 1.92 bits per heavy atom. The molecule has 2 heterocycles. The van der Waals surface area contributed by atoms with E-state index >= 15 is 0 Å². The molecule has 6 amide bonds. The number of halogens is 1. The molecule has 0 unspecified atom stereocenters. The fourth-order valence-corrected chi connectivity index (χ4v) is 2.74. The molecule has 1 aromatic carbocycles. The summed E-state index contributed by atoms with van der Waals surface area (Å²) in [6.07, 6.45) is 0. The maximum absolute atomic E-state index is 13.0. The van der Waals surface area contributed by atoms with Crippen LogP contribution in [0, 0.1) is 5.82 Å². The number of rotatable bonds is 3. The number of imide groups is 2. The zero-order valence-corrected chi connectivity index (χ0v) is 12.9. The Balaban J connectivity index is 1.79. The van der Waals surface area contributed by atoms with Crippen LogP contribution < -0.4 is 10.2 Å². The summed E-state index contributed by atoms with van der Waals surface area (Å²) in [6.45, 7) is 1.56. The van der Waals surface area contributed by atoms with Crippen molar-refractivity contribution in [3.8, 4) is 0 Å². The van der Waals surface area contributed by atoms with E-state index in [9.17, 15) is 23.6 Å². The number of amides is 6. The lowest BCUT2D eigenvalue weighted by molar-refractivity contribution is -0.135. The number of carbonyl (C=O) groups excluding carboxylic acids is 4. The maximum Gasteiger partial charge on any atom is 0.332 e. The Bertz CT molecular complexity index is 721. The minimum absolute atomic E-state index is 0.200. The van der Waals surface area contributed by atoms with Crippen molar-refractivity contribution in [1.82, 2.24) is 15.1 Å². The van der Waals surface area contributed by atoms with Gasteiger partial charge in [-0.15, -0.1) is 0 Å². The summed E-state index contributed by atoms with van der Waals surface area (Å²) in [5.41, 5.74) is 0.358. The lowest BCUT2D eigenvalue weighted by Crippen LogP contribution is -2.44. The highest BCUT2D eigenvalue weighted by atomic mass is 19.1. The van der Waals surface area contributed by atoms with Crippen molar-refractivity contribution < 1.29 is 23.6 Å². The van der Waals surface area contributed by atoms with E-state index in [1.807, 2.05) is 0 Å². The average molecular weight is 334 g/mol. The largest absolute Gasteiger partial charge is 0.336 e. The molecule has 2 aliphatic heterocycles. The topological polar surface area (TPSA) is 90.0 Å². The van der Waals surface area contributed by atoms with E-state index in [-0.39, 0.29) is 6.54 Å².